The summed E-state index contributed by atoms with van der Waals surface area (Å²) in [6.07, 6.45) is 2.08. The van der Waals surface area contributed by atoms with Gasteiger partial charge in [0.1, 0.15) is 0 Å². The van der Waals surface area contributed by atoms with E-state index in [-0.39, 0.29) is 11.8 Å². The van der Waals surface area contributed by atoms with Crippen molar-refractivity contribution in [2.24, 2.45) is 5.92 Å². The number of amides is 1. The second-order valence-electron chi connectivity index (χ2n) is 4.40. The van der Waals surface area contributed by atoms with Gasteiger partial charge in [0.05, 0.1) is 5.92 Å². The van der Waals surface area contributed by atoms with Gasteiger partial charge in [-0.15, -0.1) is 0 Å². The second-order valence-corrected chi connectivity index (χ2v) is 4.40. The zero-order valence-electron chi connectivity index (χ0n) is 9.62. The summed E-state index contributed by atoms with van der Waals surface area (Å²) in [5, 5.41) is 6.21. The van der Waals surface area contributed by atoms with Crippen LogP contribution in [0.15, 0.2) is 24.3 Å². The smallest absolute Gasteiger partial charge is 0.228 e. The van der Waals surface area contributed by atoms with Crippen molar-refractivity contribution in [2.45, 2.75) is 19.8 Å². The Kier molecular flexibility index (Phi) is 3.57. The van der Waals surface area contributed by atoms with Gasteiger partial charge in [-0.1, -0.05) is 17.7 Å². The molecule has 1 unspecified atom stereocenters. The van der Waals surface area contributed by atoms with Gasteiger partial charge in [0.15, 0.2) is 0 Å². The van der Waals surface area contributed by atoms with Gasteiger partial charge < -0.3 is 10.6 Å². The zero-order valence-corrected chi connectivity index (χ0v) is 9.62. The van der Waals surface area contributed by atoms with Gasteiger partial charge in [0.2, 0.25) is 5.91 Å². The molecule has 0 radical (unpaired) electrons. The van der Waals surface area contributed by atoms with Crippen LogP contribution < -0.4 is 10.6 Å². The molecule has 86 valence electrons. The summed E-state index contributed by atoms with van der Waals surface area (Å²) >= 11 is 0. The molecular weight excluding hydrogens is 200 g/mol. The first kappa shape index (κ1) is 11.1. The number of anilines is 1. The predicted molar refractivity (Wildman–Crippen MR) is 65.4 cm³/mol. The molecule has 2 N–H and O–H groups in total. The largest absolute Gasteiger partial charge is 0.326 e. The van der Waals surface area contributed by atoms with Gasteiger partial charge in [-0.2, -0.15) is 0 Å². The summed E-state index contributed by atoms with van der Waals surface area (Å²) < 4.78 is 0. The van der Waals surface area contributed by atoms with E-state index in [4.69, 9.17) is 0 Å². The minimum atomic E-state index is 0.120. The molecule has 1 amide bonds. The van der Waals surface area contributed by atoms with Crippen molar-refractivity contribution in [2.75, 3.05) is 18.4 Å². The van der Waals surface area contributed by atoms with Crippen molar-refractivity contribution in [1.82, 2.24) is 5.32 Å². The van der Waals surface area contributed by atoms with Crippen molar-refractivity contribution in [1.29, 1.82) is 0 Å². The lowest BCUT2D eigenvalue weighted by molar-refractivity contribution is -0.120. The molecule has 1 aromatic rings. The Hall–Kier alpha value is -1.35. The van der Waals surface area contributed by atoms with Crippen LogP contribution in [0.2, 0.25) is 0 Å². The molecule has 0 spiro atoms. The van der Waals surface area contributed by atoms with E-state index in [0.29, 0.717) is 0 Å². The number of aryl methyl sites for hydroxylation is 1. The van der Waals surface area contributed by atoms with Gasteiger partial charge >= 0.3 is 0 Å². The number of rotatable bonds is 2. The van der Waals surface area contributed by atoms with Crippen molar-refractivity contribution in [3.05, 3.63) is 29.8 Å². The summed E-state index contributed by atoms with van der Waals surface area (Å²) in [5.74, 6) is 0.256. The number of carbonyl (C=O) groups is 1. The fourth-order valence-corrected chi connectivity index (χ4v) is 1.96. The van der Waals surface area contributed by atoms with E-state index in [1.54, 1.807) is 0 Å². The zero-order chi connectivity index (χ0) is 11.4. The third-order valence-electron chi connectivity index (χ3n) is 2.99. The Morgan fingerprint density at radius 3 is 2.75 bits per heavy atom. The van der Waals surface area contributed by atoms with Crippen molar-refractivity contribution in [3.63, 3.8) is 0 Å². The second kappa shape index (κ2) is 5.12. The Morgan fingerprint density at radius 1 is 1.38 bits per heavy atom. The van der Waals surface area contributed by atoms with Gasteiger partial charge in [0, 0.05) is 12.2 Å². The molecule has 16 heavy (non-hydrogen) atoms. The summed E-state index contributed by atoms with van der Waals surface area (Å²) in [6, 6.07) is 7.91. The minimum Gasteiger partial charge on any atom is -0.326 e. The average Bonchev–Trinajstić information content (AvgIpc) is 2.33. The highest BCUT2D eigenvalue weighted by atomic mass is 16.1. The van der Waals surface area contributed by atoms with Crippen molar-refractivity contribution in [3.8, 4) is 0 Å². The standard InChI is InChI=1S/C13H18N2O/c1-10-4-6-12(7-5-10)15-13(16)11-3-2-8-14-9-11/h4-7,11,14H,2-3,8-9H2,1H3,(H,15,16). The number of nitrogens with one attached hydrogen (secondary N) is 2. The Balaban J connectivity index is 1.93. The maximum absolute atomic E-state index is 11.9. The Bertz CT molecular complexity index is 353. The molecule has 2 rings (SSSR count). The van der Waals surface area contributed by atoms with Crippen molar-refractivity contribution < 1.29 is 4.79 Å². The first-order valence-electron chi connectivity index (χ1n) is 5.84. The minimum absolute atomic E-state index is 0.120. The third kappa shape index (κ3) is 2.83. The molecule has 1 aliphatic rings. The van der Waals surface area contributed by atoms with E-state index in [0.717, 1.165) is 31.6 Å². The van der Waals surface area contributed by atoms with Crippen LogP contribution in [0.1, 0.15) is 18.4 Å². The van der Waals surface area contributed by atoms with Gasteiger partial charge in [-0.05, 0) is 38.4 Å². The van der Waals surface area contributed by atoms with Crippen LogP contribution in [0, 0.1) is 12.8 Å². The molecule has 0 saturated carbocycles. The molecule has 0 aromatic heterocycles. The lowest BCUT2D eigenvalue weighted by Crippen LogP contribution is -2.37. The quantitative estimate of drug-likeness (QED) is 0.796. The Labute approximate surface area is 96.2 Å². The van der Waals surface area contributed by atoms with E-state index in [9.17, 15) is 4.79 Å². The number of benzene rings is 1. The topological polar surface area (TPSA) is 41.1 Å². The number of hydrogen-bond donors (Lipinski definition) is 2. The van der Waals surface area contributed by atoms with Crippen LogP contribution in [-0.2, 0) is 4.79 Å². The molecule has 0 bridgehead atoms. The molecule has 3 heteroatoms. The fourth-order valence-electron chi connectivity index (χ4n) is 1.96. The normalized spacial score (nSPS) is 20.4. The predicted octanol–water partition coefficient (Wildman–Crippen LogP) is 1.93. The SMILES string of the molecule is Cc1ccc(NC(=O)C2CCCNC2)cc1. The highest BCUT2D eigenvalue weighted by Crippen LogP contribution is 2.14. The van der Waals surface area contributed by atoms with Crippen LogP contribution in [0.3, 0.4) is 0 Å². The summed E-state index contributed by atoms with van der Waals surface area (Å²) in [7, 11) is 0. The molecule has 0 aliphatic carbocycles. The summed E-state index contributed by atoms with van der Waals surface area (Å²) in [5.41, 5.74) is 2.10. The molecule has 1 heterocycles. The van der Waals surface area contributed by atoms with E-state index >= 15 is 0 Å². The van der Waals surface area contributed by atoms with E-state index in [1.165, 1.54) is 5.56 Å². The van der Waals surface area contributed by atoms with E-state index in [2.05, 4.69) is 10.6 Å². The van der Waals surface area contributed by atoms with E-state index in [1.807, 2.05) is 31.2 Å². The van der Waals surface area contributed by atoms with Crippen molar-refractivity contribution >= 4 is 11.6 Å². The van der Waals surface area contributed by atoms with Gasteiger partial charge in [-0.3, -0.25) is 4.79 Å². The molecule has 1 aromatic carbocycles. The van der Waals surface area contributed by atoms with Crippen LogP contribution in [-0.4, -0.2) is 19.0 Å². The van der Waals surface area contributed by atoms with Crippen LogP contribution in [0.25, 0.3) is 0 Å². The maximum atomic E-state index is 11.9. The molecule has 1 aliphatic heterocycles. The Morgan fingerprint density at radius 2 is 2.12 bits per heavy atom. The number of hydrogen-bond acceptors (Lipinski definition) is 2. The van der Waals surface area contributed by atoms with E-state index < -0.39 is 0 Å². The first-order valence-corrected chi connectivity index (χ1v) is 5.84. The molecule has 3 nitrogen and oxygen atoms in total. The number of carbonyl (C=O) groups excluding carboxylic acids is 1. The summed E-state index contributed by atoms with van der Waals surface area (Å²) in [6.45, 7) is 3.88. The van der Waals surface area contributed by atoms with Crippen LogP contribution in [0.5, 0.6) is 0 Å². The van der Waals surface area contributed by atoms with Crippen LogP contribution in [0.4, 0.5) is 5.69 Å². The van der Waals surface area contributed by atoms with Gasteiger partial charge in [-0.25, -0.2) is 0 Å². The molecule has 1 saturated heterocycles. The first-order chi connectivity index (χ1) is 7.75. The number of piperidine rings is 1. The average molecular weight is 218 g/mol. The highest BCUT2D eigenvalue weighted by molar-refractivity contribution is 5.92. The lowest BCUT2D eigenvalue weighted by atomic mass is 9.99. The molecule has 1 atom stereocenters. The molecular formula is C13H18N2O. The summed E-state index contributed by atoms with van der Waals surface area (Å²) in [4.78, 5) is 11.9. The maximum Gasteiger partial charge on any atom is 0.228 e. The monoisotopic (exact) mass is 218 g/mol. The van der Waals surface area contributed by atoms with Gasteiger partial charge in [0.25, 0.3) is 0 Å². The lowest BCUT2D eigenvalue weighted by Gasteiger charge is -2.21. The molecule has 1 fully saturated rings. The highest BCUT2D eigenvalue weighted by Gasteiger charge is 2.20. The van der Waals surface area contributed by atoms with Crippen LogP contribution >= 0.6 is 0 Å². The fraction of sp³-hybridized carbons (Fsp3) is 0.462. The third-order valence-corrected chi connectivity index (χ3v) is 2.99.